The summed E-state index contributed by atoms with van der Waals surface area (Å²) in [5, 5.41) is 3.20. The molecule has 1 aliphatic heterocycles. The Balaban J connectivity index is 1.44. The highest BCUT2D eigenvalue weighted by atomic mass is 19.1. The van der Waals surface area contributed by atoms with Gasteiger partial charge in [-0.15, -0.1) is 0 Å². The molecule has 0 saturated heterocycles. The van der Waals surface area contributed by atoms with Crippen LogP contribution in [0.15, 0.2) is 42.5 Å². The van der Waals surface area contributed by atoms with Crippen LogP contribution < -0.4 is 19.5 Å². The number of hydrogen-bond donors (Lipinski definition) is 1. The van der Waals surface area contributed by atoms with E-state index in [1.807, 2.05) is 13.0 Å². The number of nitrogens with one attached hydrogen (secondary N) is 1. The van der Waals surface area contributed by atoms with Crippen LogP contribution in [0.4, 0.5) is 14.5 Å². The van der Waals surface area contributed by atoms with Gasteiger partial charge in [0.15, 0.2) is 11.6 Å². The van der Waals surface area contributed by atoms with Crippen LogP contribution >= 0.6 is 0 Å². The lowest BCUT2D eigenvalue weighted by Crippen LogP contribution is -2.20. The van der Waals surface area contributed by atoms with Crippen molar-refractivity contribution in [1.82, 2.24) is 0 Å². The van der Waals surface area contributed by atoms with Crippen LogP contribution in [0.25, 0.3) is 0 Å². The smallest absolute Gasteiger partial charge is 0.231 e. The molecule has 2 aliphatic rings. The van der Waals surface area contributed by atoms with E-state index in [9.17, 15) is 9.18 Å². The average molecular weight is 550 g/mol. The molecule has 212 valence electrons. The minimum absolute atomic E-state index is 0.0122. The van der Waals surface area contributed by atoms with Gasteiger partial charge in [0.25, 0.3) is 0 Å². The number of ether oxygens (including phenoxy) is 3. The first-order valence-electron chi connectivity index (χ1n) is 14.2. The predicted molar refractivity (Wildman–Crippen MR) is 151 cm³/mol. The summed E-state index contributed by atoms with van der Waals surface area (Å²) >= 11 is 0. The fraction of sp³-hybridized carbons (Fsp3) is 0.424. The summed E-state index contributed by atoms with van der Waals surface area (Å²) in [7, 11) is 0. The van der Waals surface area contributed by atoms with Crippen LogP contribution in [0.2, 0.25) is 0 Å². The molecule has 3 atom stereocenters. The third kappa shape index (κ3) is 5.65. The molecule has 1 heterocycles. The van der Waals surface area contributed by atoms with E-state index in [0.29, 0.717) is 36.5 Å². The van der Waals surface area contributed by atoms with Crippen LogP contribution in [-0.4, -0.2) is 19.3 Å². The van der Waals surface area contributed by atoms with Crippen LogP contribution in [0.3, 0.4) is 0 Å². The van der Waals surface area contributed by atoms with Crippen molar-refractivity contribution >= 4 is 11.6 Å². The molecule has 0 bridgehead atoms. The van der Waals surface area contributed by atoms with E-state index < -0.39 is 5.82 Å². The molecule has 1 fully saturated rings. The molecule has 1 N–H and O–H groups in total. The fourth-order valence-corrected chi connectivity index (χ4v) is 6.38. The van der Waals surface area contributed by atoms with Crippen LogP contribution in [0, 0.1) is 24.5 Å². The quantitative estimate of drug-likeness (QED) is 0.296. The van der Waals surface area contributed by atoms with E-state index >= 15 is 4.39 Å². The Labute approximate surface area is 234 Å². The Morgan fingerprint density at radius 2 is 1.73 bits per heavy atom. The maximum atomic E-state index is 15.4. The first kappa shape index (κ1) is 27.9. The lowest BCUT2D eigenvalue weighted by molar-refractivity contribution is -0.117. The Morgan fingerprint density at radius 1 is 0.975 bits per heavy atom. The Morgan fingerprint density at radius 3 is 2.40 bits per heavy atom. The number of anilines is 1. The van der Waals surface area contributed by atoms with Crippen molar-refractivity contribution in [2.24, 2.45) is 5.92 Å². The Bertz CT molecular complexity index is 1380. The first-order valence-corrected chi connectivity index (χ1v) is 14.2. The number of carbonyl (C=O) groups excluding carboxylic acids is 1. The molecule has 3 aromatic carbocycles. The summed E-state index contributed by atoms with van der Waals surface area (Å²) < 4.78 is 46.4. The number of benzene rings is 3. The zero-order valence-corrected chi connectivity index (χ0v) is 23.6. The van der Waals surface area contributed by atoms with E-state index in [1.54, 1.807) is 12.1 Å². The second-order valence-electron chi connectivity index (χ2n) is 10.8. The first-order chi connectivity index (χ1) is 19.3. The highest BCUT2D eigenvalue weighted by molar-refractivity contribution is 5.92. The molecule has 1 amide bonds. The third-order valence-electron chi connectivity index (χ3n) is 8.22. The van der Waals surface area contributed by atoms with Gasteiger partial charge in [0.2, 0.25) is 18.4 Å². The van der Waals surface area contributed by atoms with Crippen molar-refractivity contribution in [3.05, 3.63) is 81.9 Å². The zero-order chi connectivity index (χ0) is 28.4. The number of halogens is 2. The molecular weight excluding hydrogens is 512 g/mol. The molecule has 3 aromatic rings. The largest absolute Gasteiger partial charge is 0.494 e. The minimum atomic E-state index is -0.464. The van der Waals surface area contributed by atoms with Gasteiger partial charge in [-0.1, -0.05) is 37.6 Å². The van der Waals surface area contributed by atoms with E-state index in [0.717, 1.165) is 35.2 Å². The van der Waals surface area contributed by atoms with Gasteiger partial charge in [-0.25, -0.2) is 8.78 Å². The van der Waals surface area contributed by atoms with Crippen molar-refractivity contribution in [2.75, 3.05) is 18.7 Å². The van der Waals surface area contributed by atoms with Crippen LogP contribution in [0.1, 0.15) is 79.7 Å². The monoisotopic (exact) mass is 549 g/mol. The normalized spacial score (nSPS) is 19.6. The lowest BCUT2D eigenvalue weighted by atomic mass is 9.86. The molecular formula is C33H37F2NO4. The van der Waals surface area contributed by atoms with Crippen molar-refractivity contribution < 1.29 is 27.8 Å². The van der Waals surface area contributed by atoms with Gasteiger partial charge in [0.05, 0.1) is 6.61 Å². The van der Waals surface area contributed by atoms with Gasteiger partial charge in [-0.2, -0.15) is 0 Å². The lowest BCUT2D eigenvalue weighted by Gasteiger charge is -2.22. The summed E-state index contributed by atoms with van der Waals surface area (Å²) in [5.74, 6) is -0.319. The maximum absolute atomic E-state index is 15.4. The molecule has 1 aliphatic carbocycles. The third-order valence-corrected chi connectivity index (χ3v) is 8.22. The van der Waals surface area contributed by atoms with Crippen molar-refractivity contribution in [3.8, 4) is 17.2 Å². The van der Waals surface area contributed by atoms with Gasteiger partial charge < -0.3 is 19.5 Å². The molecule has 0 aromatic heterocycles. The van der Waals surface area contributed by atoms with Crippen molar-refractivity contribution in [3.63, 3.8) is 0 Å². The fourth-order valence-electron chi connectivity index (χ4n) is 6.38. The summed E-state index contributed by atoms with van der Waals surface area (Å²) in [6, 6.07) is 12.5. The highest BCUT2D eigenvalue weighted by Gasteiger charge is 2.39. The summed E-state index contributed by atoms with van der Waals surface area (Å²) in [5.41, 5.74) is 5.62. The Hall–Kier alpha value is -3.61. The summed E-state index contributed by atoms with van der Waals surface area (Å²) in [4.78, 5) is 13.5. The number of rotatable bonds is 9. The van der Waals surface area contributed by atoms with Gasteiger partial charge in [0, 0.05) is 18.2 Å². The van der Waals surface area contributed by atoms with E-state index in [1.165, 1.54) is 17.7 Å². The predicted octanol–water partition coefficient (Wildman–Crippen LogP) is 7.83. The molecule has 0 radical (unpaired) electrons. The number of fused-ring (bicyclic) bond motifs is 1. The topological polar surface area (TPSA) is 56.8 Å². The van der Waals surface area contributed by atoms with Gasteiger partial charge >= 0.3 is 0 Å². The van der Waals surface area contributed by atoms with E-state index in [2.05, 4.69) is 38.2 Å². The van der Waals surface area contributed by atoms with Crippen LogP contribution in [0.5, 0.6) is 17.2 Å². The van der Waals surface area contributed by atoms with E-state index in [4.69, 9.17) is 14.2 Å². The standard InChI is InChI=1S/C33H37F2NO4/c1-5-20-10-19(4)11-21(6-2)32(20)36-31(37)16-24-12-22(23-14-29(35)33-30(15-23)39-18-40-33)13-27(24)26-9-8-25(38-7-3)17-28(26)34/h8-11,14-15,17,22,24,27H,5-7,12-13,16,18H2,1-4H3,(H,36,37)/t22-,24?,27-/m0/s1. The maximum Gasteiger partial charge on any atom is 0.231 e. The zero-order valence-electron chi connectivity index (χ0n) is 23.6. The molecule has 7 heteroatoms. The molecule has 5 nitrogen and oxygen atoms in total. The second kappa shape index (κ2) is 11.9. The number of carbonyl (C=O) groups is 1. The molecule has 0 spiro atoms. The molecule has 40 heavy (non-hydrogen) atoms. The molecule has 1 unspecified atom stereocenters. The van der Waals surface area contributed by atoms with Gasteiger partial charge in [-0.05, 0) is 97.7 Å². The Kier molecular flexibility index (Phi) is 8.29. The van der Waals surface area contributed by atoms with E-state index in [-0.39, 0.29) is 48.4 Å². The van der Waals surface area contributed by atoms with Crippen molar-refractivity contribution in [2.45, 2.75) is 71.6 Å². The van der Waals surface area contributed by atoms with Crippen LogP contribution in [-0.2, 0) is 17.6 Å². The average Bonchev–Trinajstić information content (AvgIpc) is 3.57. The minimum Gasteiger partial charge on any atom is -0.494 e. The van der Waals surface area contributed by atoms with Crippen molar-refractivity contribution in [1.29, 1.82) is 0 Å². The molecule has 5 rings (SSSR count). The van der Waals surface area contributed by atoms with Gasteiger partial charge in [0.1, 0.15) is 11.6 Å². The number of aryl methyl sites for hydroxylation is 3. The SMILES string of the molecule is CCOc1ccc([C@H]2C[C@@H](c3cc(F)c4c(c3)OCO4)CC2CC(=O)Nc2c(CC)cc(C)cc2CC)c(F)c1. The summed E-state index contributed by atoms with van der Waals surface area (Å²) in [6.45, 7) is 8.52. The number of hydrogen-bond acceptors (Lipinski definition) is 4. The number of amides is 1. The summed E-state index contributed by atoms with van der Waals surface area (Å²) in [6.07, 6.45) is 3.07. The van der Waals surface area contributed by atoms with Gasteiger partial charge in [-0.3, -0.25) is 4.79 Å². The molecule has 1 saturated carbocycles. The highest BCUT2D eigenvalue weighted by Crippen LogP contribution is 2.51. The second-order valence-corrected chi connectivity index (χ2v) is 10.8.